The molecule has 5 rings (SSSR count). The lowest BCUT2D eigenvalue weighted by Crippen LogP contribution is -2.51. The number of aromatic amines is 1. The molecule has 2 heterocycles. The van der Waals surface area contributed by atoms with Gasteiger partial charge in [-0.3, -0.25) is 4.79 Å². The number of amides is 2. The zero-order chi connectivity index (χ0) is 29.9. The number of imidazole rings is 1. The van der Waals surface area contributed by atoms with Gasteiger partial charge in [-0.1, -0.05) is 0 Å². The molecule has 10 nitrogen and oxygen atoms in total. The second-order valence-corrected chi connectivity index (χ2v) is 11.4. The first-order chi connectivity index (χ1) is 20.1. The van der Waals surface area contributed by atoms with Crippen molar-refractivity contribution in [2.75, 3.05) is 13.6 Å². The van der Waals surface area contributed by atoms with E-state index in [2.05, 4.69) is 15.3 Å². The molecule has 11 heteroatoms. The van der Waals surface area contributed by atoms with Crippen LogP contribution in [0.2, 0.25) is 0 Å². The zero-order valence-corrected chi connectivity index (χ0v) is 24.2. The molecule has 4 aromatic rings. The van der Waals surface area contributed by atoms with E-state index in [1.807, 2.05) is 20.8 Å². The Labute approximate surface area is 243 Å². The van der Waals surface area contributed by atoms with Crippen molar-refractivity contribution in [2.24, 2.45) is 0 Å². The summed E-state index contributed by atoms with van der Waals surface area (Å²) in [6.45, 7) is 6.00. The average Bonchev–Trinajstić information content (AvgIpc) is 3.45. The third-order valence-corrected chi connectivity index (χ3v) is 7.02. The van der Waals surface area contributed by atoms with Crippen LogP contribution in [-0.2, 0) is 11.2 Å². The second-order valence-electron chi connectivity index (χ2n) is 11.4. The molecule has 0 radical (unpaired) electrons. The minimum Gasteiger partial charge on any atom is -0.473 e. The molecule has 2 amide bonds. The molecule has 0 spiro atoms. The standard InChI is InChI=1S/C31H35FN6O4/c1-31(2,3)42-30(40)38(4)22-17-23(18-22)41-29-27(19-7-10-21(32)11-8-19)36-25-16-20(9-12-24(25)37-29)28(39)35-13-5-6-26-33-14-15-34-26/h7-12,14-16,22-23H,5-6,13,17-18H2,1-4H3,(H,33,34)(H,35,39)/t22-,23-. The SMILES string of the molecule is CN(C(=O)OC(C)(C)C)[C@H]1C[C@H](Oc2nc3ccc(C(=O)NCCCc4ncc[nH]4)cc3nc2-c2ccc(F)cc2)C1. The molecular weight excluding hydrogens is 539 g/mol. The van der Waals surface area contributed by atoms with Crippen molar-refractivity contribution in [3.63, 3.8) is 0 Å². The van der Waals surface area contributed by atoms with Gasteiger partial charge in [0.15, 0.2) is 0 Å². The van der Waals surface area contributed by atoms with Gasteiger partial charge in [-0.15, -0.1) is 0 Å². The number of fused-ring (bicyclic) bond motifs is 1. The Morgan fingerprint density at radius 2 is 1.86 bits per heavy atom. The summed E-state index contributed by atoms with van der Waals surface area (Å²) in [5, 5.41) is 2.93. The normalized spacial score (nSPS) is 16.5. The Hall–Kier alpha value is -4.54. The number of hydrogen-bond donors (Lipinski definition) is 2. The molecule has 42 heavy (non-hydrogen) atoms. The molecule has 1 aliphatic carbocycles. The Morgan fingerprint density at radius 1 is 1.10 bits per heavy atom. The van der Waals surface area contributed by atoms with Gasteiger partial charge in [0.1, 0.15) is 29.0 Å². The van der Waals surface area contributed by atoms with Gasteiger partial charge in [0.25, 0.3) is 5.91 Å². The van der Waals surface area contributed by atoms with Crippen molar-refractivity contribution in [3.05, 3.63) is 72.1 Å². The zero-order valence-electron chi connectivity index (χ0n) is 24.2. The molecule has 220 valence electrons. The lowest BCUT2D eigenvalue weighted by molar-refractivity contribution is -0.00953. The lowest BCUT2D eigenvalue weighted by Gasteiger charge is -2.41. The molecular formula is C31H35FN6O4. The smallest absolute Gasteiger partial charge is 0.410 e. The van der Waals surface area contributed by atoms with Crippen molar-refractivity contribution in [1.82, 2.24) is 30.2 Å². The average molecular weight is 575 g/mol. The van der Waals surface area contributed by atoms with Crippen LogP contribution in [0.4, 0.5) is 9.18 Å². The second kappa shape index (κ2) is 12.1. The van der Waals surface area contributed by atoms with Gasteiger partial charge in [0, 0.05) is 62.4 Å². The molecule has 0 bridgehead atoms. The maximum atomic E-state index is 13.7. The van der Waals surface area contributed by atoms with Crippen LogP contribution in [-0.4, -0.2) is 68.2 Å². The number of benzene rings is 2. The fourth-order valence-corrected chi connectivity index (χ4v) is 4.64. The molecule has 0 aliphatic heterocycles. The first-order valence-electron chi connectivity index (χ1n) is 14.0. The van der Waals surface area contributed by atoms with E-state index in [4.69, 9.17) is 19.4 Å². The van der Waals surface area contributed by atoms with E-state index in [9.17, 15) is 14.0 Å². The number of hydrogen-bond acceptors (Lipinski definition) is 7. The Kier molecular flexibility index (Phi) is 8.37. The highest BCUT2D eigenvalue weighted by atomic mass is 19.1. The van der Waals surface area contributed by atoms with E-state index < -0.39 is 5.60 Å². The minimum absolute atomic E-state index is 0.0207. The van der Waals surface area contributed by atoms with E-state index in [1.165, 1.54) is 12.1 Å². The summed E-state index contributed by atoms with van der Waals surface area (Å²) in [6.07, 6.45) is 5.62. The summed E-state index contributed by atoms with van der Waals surface area (Å²) in [7, 11) is 1.72. The van der Waals surface area contributed by atoms with Crippen LogP contribution in [0.25, 0.3) is 22.3 Å². The number of ether oxygens (including phenoxy) is 2. The van der Waals surface area contributed by atoms with Gasteiger partial charge in [0.2, 0.25) is 5.88 Å². The molecule has 2 aromatic carbocycles. The number of rotatable bonds is 9. The summed E-state index contributed by atoms with van der Waals surface area (Å²) in [6, 6.07) is 11.1. The van der Waals surface area contributed by atoms with Crippen LogP contribution in [0, 0.1) is 5.82 Å². The monoisotopic (exact) mass is 574 g/mol. The van der Waals surface area contributed by atoms with E-state index in [-0.39, 0.29) is 30.0 Å². The van der Waals surface area contributed by atoms with Gasteiger partial charge in [0.05, 0.1) is 11.0 Å². The number of carbonyl (C=O) groups is 2. The van der Waals surface area contributed by atoms with Gasteiger partial charge in [-0.2, -0.15) is 0 Å². The van der Waals surface area contributed by atoms with Gasteiger partial charge < -0.3 is 24.7 Å². The number of nitrogens with one attached hydrogen (secondary N) is 2. The molecule has 1 fully saturated rings. The van der Waals surface area contributed by atoms with E-state index in [0.717, 1.165) is 18.7 Å². The van der Waals surface area contributed by atoms with Crippen molar-refractivity contribution in [1.29, 1.82) is 0 Å². The molecule has 2 N–H and O–H groups in total. The van der Waals surface area contributed by atoms with Crippen LogP contribution in [0.15, 0.2) is 54.9 Å². The van der Waals surface area contributed by atoms with Crippen molar-refractivity contribution >= 4 is 23.0 Å². The molecule has 2 aromatic heterocycles. The highest BCUT2D eigenvalue weighted by Crippen LogP contribution is 2.35. The fraction of sp³-hybridized carbons (Fsp3) is 0.387. The lowest BCUT2D eigenvalue weighted by atomic mass is 9.88. The number of nitrogens with zero attached hydrogens (tertiary/aromatic N) is 4. The number of aromatic nitrogens is 4. The van der Waals surface area contributed by atoms with Gasteiger partial charge >= 0.3 is 6.09 Å². The van der Waals surface area contributed by atoms with Crippen molar-refractivity contribution < 1.29 is 23.5 Å². The largest absolute Gasteiger partial charge is 0.473 e. The van der Waals surface area contributed by atoms with Crippen molar-refractivity contribution in [2.45, 2.75) is 64.2 Å². The summed E-state index contributed by atoms with van der Waals surface area (Å²) >= 11 is 0. The highest BCUT2D eigenvalue weighted by Gasteiger charge is 2.38. The first-order valence-corrected chi connectivity index (χ1v) is 14.0. The Bertz CT molecular complexity index is 1550. The van der Waals surface area contributed by atoms with Crippen LogP contribution < -0.4 is 10.1 Å². The Balaban J connectivity index is 1.30. The third kappa shape index (κ3) is 7.02. The molecule has 1 saturated carbocycles. The van der Waals surface area contributed by atoms with Crippen LogP contribution in [0.5, 0.6) is 5.88 Å². The number of aryl methyl sites for hydroxylation is 1. The van der Waals surface area contributed by atoms with Crippen LogP contribution >= 0.6 is 0 Å². The van der Waals surface area contributed by atoms with Crippen LogP contribution in [0.1, 0.15) is 56.2 Å². The van der Waals surface area contributed by atoms with E-state index >= 15 is 0 Å². The summed E-state index contributed by atoms with van der Waals surface area (Å²) in [5.74, 6) is 0.612. The first kappa shape index (κ1) is 29.0. The predicted octanol–water partition coefficient (Wildman–Crippen LogP) is 5.30. The third-order valence-electron chi connectivity index (χ3n) is 7.02. The Morgan fingerprint density at radius 3 is 2.55 bits per heavy atom. The van der Waals surface area contributed by atoms with Gasteiger partial charge in [-0.05, 0) is 69.7 Å². The molecule has 0 atom stereocenters. The highest BCUT2D eigenvalue weighted by molar-refractivity contribution is 5.97. The molecule has 0 saturated heterocycles. The maximum Gasteiger partial charge on any atom is 0.410 e. The number of halogens is 1. The summed E-state index contributed by atoms with van der Waals surface area (Å²) in [5.41, 5.74) is 2.04. The maximum absolute atomic E-state index is 13.7. The van der Waals surface area contributed by atoms with Crippen molar-refractivity contribution in [3.8, 4) is 17.1 Å². The topological polar surface area (TPSA) is 122 Å². The fourth-order valence-electron chi connectivity index (χ4n) is 4.64. The van der Waals surface area contributed by atoms with Gasteiger partial charge in [-0.25, -0.2) is 24.1 Å². The summed E-state index contributed by atoms with van der Waals surface area (Å²) in [4.78, 5) is 43.6. The van der Waals surface area contributed by atoms with E-state index in [1.54, 1.807) is 54.7 Å². The molecule has 1 aliphatic rings. The number of H-pyrrole nitrogens is 1. The predicted molar refractivity (Wildman–Crippen MR) is 156 cm³/mol. The van der Waals surface area contributed by atoms with E-state index in [0.29, 0.717) is 53.1 Å². The molecule has 0 unspecified atom stereocenters. The minimum atomic E-state index is -0.573. The van der Waals surface area contributed by atoms with Crippen LogP contribution in [0.3, 0.4) is 0 Å². The summed E-state index contributed by atoms with van der Waals surface area (Å²) < 4.78 is 25.5. The number of carbonyl (C=O) groups excluding carboxylic acids is 2. The quantitative estimate of drug-likeness (QED) is 0.260.